The summed E-state index contributed by atoms with van der Waals surface area (Å²) in [7, 11) is 0. The quantitative estimate of drug-likeness (QED) is 0.658. The molecule has 5 unspecified atom stereocenters. The van der Waals surface area contributed by atoms with E-state index in [9.17, 15) is 8.78 Å². The van der Waals surface area contributed by atoms with Crippen molar-refractivity contribution >= 4 is 0 Å². The Morgan fingerprint density at radius 2 is 1.58 bits per heavy atom. The van der Waals surface area contributed by atoms with Gasteiger partial charge in [-0.15, -0.1) is 0 Å². The lowest BCUT2D eigenvalue weighted by atomic mass is 9.68. The van der Waals surface area contributed by atoms with Gasteiger partial charge in [-0.1, -0.05) is 20.8 Å². The van der Waals surface area contributed by atoms with Gasteiger partial charge in [0, 0.05) is 31.2 Å². The predicted molar refractivity (Wildman–Crippen MR) is 97.6 cm³/mol. The second-order valence-corrected chi connectivity index (χ2v) is 10.2. The van der Waals surface area contributed by atoms with Crippen LogP contribution in [0.3, 0.4) is 0 Å². The largest absolute Gasteiger partial charge is 0.297 e. The van der Waals surface area contributed by atoms with Crippen molar-refractivity contribution in [1.82, 2.24) is 9.80 Å². The minimum atomic E-state index is -0.930. The number of rotatable bonds is 2. The standard InChI is InChI=1S/C20H38F2N2/c1-14-11-23(13-18(22)24(14)20(5,6)7)12-15-8-9-16(17(21)10-15)19(2,3)4/h14-18H,8-13H2,1-7H3. The SMILES string of the molecule is CC1CN(CC2CCC(C(C)(C)C)C(F)C2)CC(F)N1C(C)(C)C. The van der Waals surface area contributed by atoms with Crippen molar-refractivity contribution in [2.45, 2.75) is 91.8 Å². The third-order valence-corrected chi connectivity index (χ3v) is 5.99. The monoisotopic (exact) mass is 344 g/mol. The average Bonchev–Trinajstić information content (AvgIpc) is 2.34. The molecule has 0 aromatic carbocycles. The van der Waals surface area contributed by atoms with Gasteiger partial charge >= 0.3 is 0 Å². The second-order valence-electron chi connectivity index (χ2n) is 10.2. The van der Waals surface area contributed by atoms with Crippen molar-refractivity contribution in [1.29, 1.82) is 0 Å². The van der Waals surface area contributed by atoms with Gasteiger partial charge in [0.05, 0.1) is 0 Å². The molecule has 1 saturated heterocycles. The smallest absolute Gasteiger partial charge is 0.167 e. The molecule has 24 heavy (non-hydrogen) atoms. The number of piperazine rings is 1. The van der Waals surface area contributed by atoms with Crippen molar-refractivity contribution in [2.24, 2.45) is 17.3 Å². The lowest BCUT2D eigenvalue weighted by molar-refractivity contribution is -0.0892. The number of hydrogen-bond donors (Lipinski definition) is 0. The molecule has 2 fully saturated rings. The van der Waals surface area contributed by atoms with Crippen molar-refractivity contribution in [3.63, 3.8) is 0 Å². The summed E-state index contributed by atoms with van der Waals surface area (Å²) in [5.41, 5.74) is -0.110. The van der Waals surface area contributed by atoms with E-state index in [2.05, 4.69) is 53.4 Å². The van der Waals surface area contributed by atoms with Gasteiger partial charge in [0.25, 0.3) is 0 Å². The van der Waals surface area contributed by atoms with Crippen LogP contribution in [0.1, 0.15) is 67.7 Å². The minimum Gasteiger partial charge on any atom is -0.297 e. The molecule has 1 heterocycles. The molecule has 1 aliphatic carbocycles. The summed E-state index contributed by atoms with van der Waals surface area (Å²) in [6.45, 7) is 17.0. The first kappa shape index (κ1) is 20.1. The van der Waals surface area contributed by atoms with Crippen LogP contribution in [-0.2, 0) is 0 Å². The molecular weight excluding hydrogens is 306 g/mol. The van der Waals surface area contributed by atoms with Crippen molar-refractivity contribution in [3.8, 4) is 0 Å². The maximum atomic E-state index is 14.7. The highest BCUT2D eigenvalue weighted by molar-refractivity contribution is 4.92. The molecule has 2 aliphatic rings. The molecule has 2 rings (SSSR count). The summed E-state index contributed by atoms with van der Waals surface area (Å²) in [4.78, 5) is 4.21. The van der Waals surface area contributed by atoms with Gasteiger partial charge < -0.3 is 0 Å². The highest BCUT2D eigenvalue weighted by Gasteiger charge is 2.41. The zero-order valence-electron chi connectivity index (χ0n) is 16.8. The lowest BCUT2D eigenvalue weighted by Gasteiger charge is -2.49. The van der Waals surface area contributed by atoms with Crippen LogP contribution in [0.5, 0.6) is 0 Å². The Hall–Kier alpha value is -0.220. The van der Waals surface area contributed by atoms with E-state index < -0.39 is 12.5 Å². The Labute approximate surface area is 148 Å². The molecule has 0 radical (unpaired) electrons. The van der Waals surface area contributed by atoms with E-state index in [-0.39, 0.29) is 22.9 Å². The van der Waals surface area contributed by atoms with Gasteiger partial charge in [-0.05, 0) is 64.2 Å². The van der Waals surface area contributed by atoms with E-state index in [1.165, 1.54) is 0 Å². The normalized spacial score (nSPS) is 37.6. The van der Waals surface area contributed by atoms with Crippen LogP contribution in [0.4, 0.5) is 8.78 Å². The number of nitrogens with zero attached hydrogens (tertiary/aromatic N) is 2. The summed E-state index contributed by atoms with van der Waals surface area (Å²) in [6.07, 6.45) is 1.05. The van der Waals surface area contributed by atoms with E-state index in [1.54, 1.807) is 0 Å². The van der Waals surface area contributed by atoms with E-state index in [0.717, 1.165) is 25.9 Å². The number of alkyl halides is 2. The van der Waals surface area contributed by atoms with E-state index in [1.807, 2.05) is 4.90 Å². The van der Waals surface area contributed by atoms with Crippen LogP contribution in [0.25, 0.3) is 0 Å². The Bertz CT molecular complexity index is 401. The molecular formula is C20H38F2N2. The number of hydrogen-bond acceptors (Lipinski definition) is 2. The van der Waals surface area contributed by atoms with Crippen LogP contribution < -0.4 is 0 Å². The van der Waals surface area contributed by atoms with Gasteiger partial charge in [0.1, 0.15) is 6.17 Å². The lowest BCUT2D eigenvalue weighted by Crippen LogP contribution is -2.62. The zero-order chi connectivity index (χ0) is 18.3. The Morgan fingerprint density at radius 3 is 2.04 bits per heavy atom. The fourth-order valence-corrected chi connectivity index (χ4v) is 5.05. The van der Waals surface area contributed by atoms with E-state index in [0.29, 0.717) is 18.9 Å². The molecule has 0 aromatic rings. The van der Waals surface area contributed by atoms with Gasteiger partial charge in [0.15, 0.2) is 6.30 Å². The highest BCUT2D eigenvalue weighted by atomic mass is 19.1. The fourth-order valence-electron chi connectivity index (χ4n) is 5.05. The molecule has 0 spiro atoms. The maximum Gasteiger partial charge on any atom is 0.167 e. The van der Waals surface area contributed by atoms with Crippen LogP contribution in [-0.4, -0.2) is 53.5 Å². The molecule has 1 saturated carbocycles. The topological polar surface area (TPSA) is 6.48 Å². The number of halogens is 2. The van der Waals surface area contributed by atoms with Crippen molar-refractivity contribution in [3.05, 3.63) is 0 Å². The van der Waals surface area contributed by atoms with Crippen LogP contribution in [0, 0.1) is 17.3 Å². The first-order valence-electron chi connectivity index (χ1n) is 9.68. The van der Waals surface area contributed by atoms with Gasteiger partial charge in [0.2, 0.25) is 0 Å². The van der Waals surface area contributed by atoms with Crippen LogP contribution in [0.2, 0.25) is 0 Å². The average molecular weight is 345 g/mol. The summed E-state index contributed by atoms with van der Waals surface area (Å²) < 4.78 is 29.3. The molecule has 142 valence electrons. The second kappa shape index (κ2) is 7.19. The van der Waals surface area contributed by atoms with Gasteiger partial charge in [-0.3, -0.25) is 9.80 Å². The molecule has 5 atom stereocenters. The van der Waals surface area contributed by atoms with Crippen LogP contribution >= 0.6 is 0 Å². The Morgan fingerprint density at radius 1 is 0.958 bits per heavy atom. The summed E-state index contributed by atoms with van der Waals surface area (Å²) in [6, 6.07) is 0.195. The minimum absolute atomic E-state index is 0.0429. The molecule has 0 amide bonds. The highest BCUT2D eigenvalue weighted by Crippen LogP contribution is 2.42. The summed E-state index contributed by atoms with van der Waals surface area (Å²) >= 11 is 0. The molecule has 0 N–H and O–H groups in total. The Balaban J connectivity index is 1.90. The molecule has 1 aliphatic heterocycles. The summed E-state index contributed by atoms with van der Waals surface area (Å²) in [5.74, 6) is 0.540. The first-order chi connectivity index (χ1) is 10.9. The third-order valence-electron chi connectivity index (χ3n) is 5.99. The molecule has 4 heteroatoms. The molecule has 2 nitrogen and oxygen atoms in total. The predicted octanol–water partition coefficient (Wildman–Crippen LogP) is 4.89. The third kappa shape index (κ3) is 4.69. The molecule has 0 bridgehead atoms. The first-order valence-corrected chi connectivity index (χ1v) is 9.68. The maximum absolute atomic E-state index is 14.7. The summed E-state index contributed by atoms with van der Waals surface area (Å²) in [5, 5.41) is 0. The zero-order valence-corrected chi connectivity index (χ0v) is 16.8. The van der Waals surface area contributed by atoms with Gasteiger partial charge in [-0.25, -0.2) is 8.78 Å². The van der Waals surface area contributed by atoms with E-state index in [4.69, 9.17) is 0 Å². The Kier molecular flexibility index (Phi) is 6.02. The van der Waals surface area contributed by atoms with Crippen molar-refractivity contribution < 1.29 is 8.78 Å². The van der Waals surface area contributed by atoms with Gasteiger partial charge in [-0.2, -0.15) is 0 Å². The molecule has 0 aromatic heterocycles. The van der Waals surface area contributed by atoms with Crippen LogP contribution in [0.15, 0.2) is 0 Å². The van der Waals surface area contributed by atoms with Crippen molar-refractivity contribution in [2.75, 3.05) is 19.6 Å². The van der Waals surface area contributed by atoms with E-state index >= 15 is 0 Å². The fraction of sp³-hybridized carbons (Fsp3) is 1.00.